The Kier molecular flexibility index (Phi) is 28.2. The van der Waals surface area contributed by atoms with E-state index in [1.54, 1.807) is 0 Å². The smallest absolute Gasteiger partial charge is 0.138 e. The molecule has 2 nitrogen and oxygen atoms in total. The fourth-order valence-electron chi connectivity index (χ4n) is 16.6. The third-order valence-electron chi connectivity index (χ3n) is 23.5. The second-order valence-electron chi connectivity index (χ2n) is 31.8. The lowest BCUT2D eigenvalue weighted by atomic mass is 9.82. The summed E-state index contributed by atoms with van der Waals surface area (Å²) < 4.78 is 3.95. The highest BCUT2D eigenvalue weighted by Gasteiger charge is 2.26. The van der Waals surface area contributed by atoms with Crippen molar-refractivity contribution in [2.45, 2.75) is 105 Å². The van der Waals surface area contributed by atoms with Crippen LogP contribution in [0.5, 0.6) is 0 Å². The van der Waals surface area contributed by atoms with Gasteiger partial charge in [0.25, 0.3) is 0 Å². The van der Waals surface area contributed by atoms with E-state index >= 15 is 0 Å². The predicted molar refractivity (Wildman–Crippen MR) is 557 cm³/mol. The lowest BCUT2D eigenvalue weighted by Crippen LogP contribution is -2.26. The van der Waals surface area contributed by atoms with E-state index in [4.69, 9.17) is 24.4 Å². The minimum atomic E-state index is 0.360. The van der Waals surface area contributed by atoms with Gasteiger partial charge in [-0.2, -0.15) is 0 Å². The molecule has 2 N–H and O–H groups in total. The molecule has 0 aliphatic carbocycles. The van der Waals surface area contributed by atoms with Gasteiger partial charge in [-0.25, -0.2) is 0 Å². The highest BCUT2D eigenvalue weighted by molar-refractivity contribution is 14.1. The van der Waals surface area contributed by atoms with Crippen molar-refractivity contribution >= 4 is 123 Å². The van der Waals surface area contributed by atoms with Crippen LogP contribution in [0.1, 0.15) is 101 Å². The Morgan fingerprint density at radius 3 is 0.713 bits per heavy atom. The number of anilines is 2. The molecule has 0 radical (unpaired) electrons. The Morgan fingerprint density at radius 2 is 0.434 bits per heavy atom. The first-order valence-electron chi connectivity index (χ1n) is 42.8. The maximum Gasteiger partial charge on any atom is 0.138 e. The highest BCUT2D eigenvalue weighted by Crippen LogP contribution is 2.51. The van der Waals surface area contributed by atoms with E-state index in [1.165, 1.54) is 103 Å². The summed E-state index contributed by atoms with van der Waals surface area (Å²) in [6, 6.07) is 131. The number of nitrogens with one attached hydrogen (secondary N) is 2. The average Bonchev–Trinajstić information content (AvgIpc) is 0.749. The van der Waals surface area contributed by atoms with Gasteiger partial charge in [0.15, 0.2) is 0 Å². The Bertz CT molecular complexity index is 6200. The first-order valence-corrected chi connectivity index (χ1v) is 47.4. The Hall–Kier alpha value is -10.3. The van der Waals surface area contributed by atoms with Gasteiger partial charge in [0.2, 0.25) is 0 Å². The summed E-state index contributed by atoms with van der Waals surface area (Å²) in [6.45, 7) is 9.02. The van der Waals surface area contributed by atoms with Crippen LogP contribution in [0.4, 0.5) is 11.4 Å². The van der Waals surface area contributed by atoms with E-state index < -0.39 is 0 Å². The van der Waals surface area contributed by atoms with E-state index in [0.29, 0.717) is 9.98 Å². The Labute approximate surface area is 776 Å². The number of hydrogen-bond donors (Lipinski definition) is 2. The molecule has 16 aromatic carbocycles. The molecule has 16 rings (SSSR count). The van der Waals surface area contributed by atoms with Gasteiger partial charge in [0.05, 0.1) is 11.4 Å². The third-order valence-corrected chi connectivity index (χ3v) is 26.9. The lowest BCUT2D eigenvalue weighted by molar-refractivity contribution is 0.795. The molecule has 0 heterocycles. The maximum atomic E-state index is 6.70. The van der Waals surface area contributed by atoms with E-state index in [9.17, 15) is 0 Å². The summed E-state index contributed by atoms with van der Waals surface area (Å²) in [4.78, 5) is 0.729. The summed E-state index contributed by atoms with van der Waals surface area (Å²) >= 11 is 26.5. The second-order valence-corrected chi connectivity index (χ2v) is 36.8. The summed E-state index contributed by atoms with van der Waals surface area (Å²) in [5.74, 6) is 0. The summed E-state index contributed by atoms with van der Waals surface area (Å²) in [7, 11) is 0. The van der Waals surface area contributed by atoms with Gasteiger partial charge in [-0.1, -0.05) is 357 Å². The van der Waals surface area contributed by atoms with Crippen molar-refractivity contribution in [3.05, 3.63) is 390 Å². The standard InChI is InChI=1S/C114H96Br2I2N2S2/c1-5-9-19-75-27-35-81(36-28-75)84-43-51-89(52-44-84)101-67-95(79-23-15-13-16-24-79)68-102(90-57-49-87(50-58-90)88-59-63-99(117)64-60-88)109(101)97-71-105(93-41-33-78(34-42-93)22-12-8-4)111(106(72-97)94-61-65-100(118)66-62-94)119-113(121)114(122)120-112-107(115)73-98(74-108(112)116)110-103(91-53-45-85(46-54-91)82-37-29-76(30-38-82)20-10-6-2)69-96(80-25-17-14-18-26-80)70-104(110)92-55-47-86(48-56-92)83-39-31-77(32-40-83)21-11-7-3/h13-18,23-74H,5-12,19-22H2,1-4H3,(H,119,121)(H,120,122). The van der Waals surface area contributed by atoms with Gasteiger partial charge < -0.3 is 10.6 Å². The number of unbranched alkanes of at least 4 members (excludes halogenated alkanes) is 4. The molecule has 0 unspecified atom stereocenters. The monoisotopic (exact) mass is 1970 g/mol. The minimum absolute atomic E-state index is 0.360. The molecular weight excluding hydrogens is 1880 g/mol. The van der Waals surface area contributed by atoms with Crippen LogP contribution in [0, 0.1) is 7.14 Å². The topological polar surface area (TPSA) is 24.1 Å². The normalized spacial score (nSPS) is 11.2. The highest BCUT2D eigenvalue weighted by atomic mass is 127. The van der Waals surface area contributed by atoms with E-state index in [2.05, 4.69) is 467 Å². The first-order chi connectivity index (χ1) is 59.7. The zero-order valence-electron chi connectivity index (χ0n) is 69.3. The van der Waals surface area contributed by atoms with Gasteiger partial charge in [-0.05, 0) is 368 Å². The minimum Gasteiger partial charge on any atom is -0.343 e. The molecule has 0 saturated heterocycles. The van der Waals surface area contributed by atoms with E-state index in [0.717, 1.165) is 179 Å². The zero-order valence-corrected chi connectivity index (χ0v) is 78.4. The van der Waals surface area contributed by atoms with Crippen molar-refractivity contribution in [3.63, 3.8) is 0 Å². The van der Waals surface area contributed by atoms with Crippen molar-refractivity contribution in [1.82, 2.24) is 0 Å². The first kappa shape index (κ1) is 85.3. The number of hydrogen-bond acceptors (Lipinski definition) is 2. The number of benzene rings is 16. The second kappa shape index (κ2) is 40.4. The molecule has 0 bridgehead atoms. The SMILES string of the molecule is CCCCc1ccc(-c2ccc(-c3cc(-c4ccccc4)cc(-c4ccc(-c5ccc(CCCC)cc5)cc4)c3-c3cc(Br)c(NC(=S)C(=S)Nc4c(-c5ccc(I)cc5)cc(-c5c(-c6ccc(-c7ccc(I)cc7)cc6)cc(-c6ccccc6)cc5-c5ccc(-c6ccc(CCCC)cc6)cc5)cc4-c4ccc(CCCC)cc4)c(Br)c3)cc2)cc1. The van der Waals surface area contributed by atoms with Crippen LogP contribution in [0.15, 0.2) is 361 Å². The lowest BCUT2D eigenvalue weighted by Gasteiger charge is -2.24. The van der Waals surface area contributed by atoms with Gasteiger partial charge >= 0.3 is 0 Å². The molecule has 0 spiro atoms. The van der Waals surface area contributed by atoms with Crippen LogP contribution in [0.2, 0.25) is 0 Å². The summed E-state index contributed by atoms with van der Waals surface area (Å²) in [6.07, 6.45) is 13.5. The van der Waals surface area contributed by atoms with Crippen LogP contribution in [-0.4, -0.2) is 9.98 Å². The van der Waals surface area contributed by atoms with Gasteiger partial charge in [0.1, 0.15) is 9.98 Å². The summed E-state index contributed by atoms with van der Waals surface area (Å²) in [5, 5.41) is 7.61. The summed E-state index contributed by atoms with van der Waals surface area (Å²) in [5.41, 5.74) is 38.1. The molecule has 0 aliphatic heterocycles. The third kappa shape index (κ3) is 20.1. The molecule has 602 valence electrons. The molecule has 122 heavy (non-hydrogen) atoms. The van der Waals surface area contributed by atoms with Crippen LogP contribution in [0.25, 0.3) is 156 Å². The predicted octanol–water partition coefficient (Wildman–Crippen LogP) is 35.3. The van der Waals surface area contributed by atoms with Crippen molar-refractivity contribution in [2.75, 3.05) is 10.6 Å². The average molecular weight is 1970 g/mol. The van der Waals surface area contributed by atoms with E-state index in [1.807, 2.05) is 0 Å². The molecule has 0 aliphatic rings. The molecule has 8 heteroatoms. The van der Waals surface area contributed by atoms with Gasteiger partial charge in [0, 0.05) is 27.2 Å². The van der Waals surface area contributed by atoms with Crippen LogP contribution in [0.3, 0.4) is 0 Å². The van der Waals surface area contributed by atoms with Crippen molar-refractivity contribution in [1.29, 1.82) is 0 Å². The number of rotatable bonds is 28. The van der Waals surface area contributed by atoms with E-state index in [-0.39, 0.29) is 0 Å². The van der Waals surface area contributed by atoms with Crippen LogP contribution in [-0.2, 0) is 25.7 Å². The van der Waals surface area contributed by atoms with Crippen molar-refractivity contribution < 1.29 is 0 Å². The Morgan fingerprint density at radius 1 is 0.230 bits per heavy atom. The number of thiocarbonyl (C=S) groups is 2. The zero-order chi connectivity index (χ0) is 84.0. The quantitative estimate of drug-likeness (QED) is 0.0377. The number of aryl methyl sites for hydroxylation is 4. The molecule has 0 atom stereocenters. The fourth-order valence-corrected chi connectivity index (χ4v) is 19.0. The Balaban J connectivity index is 0.823. The van der Waals surface area contributed by atoms with Crippen molar-refractivity contribution in [2.24, 2.45) is 0 Å². The van der Waals surface area contributed by atoms with Crippen LogP contribution < -0.4 is 10.6 Å². The molecule has 0 amide bonds. The molecular formula is C114H96Br2I2N2S2. The molecule has 0 aromatic heterocycles. The van der Waals surface area contributed by atoms with Gasteiger partial charge in [-0.3, -0.25) is 0 Å². The van der Waals surface area contributed by atoms with Crippen LogP contribution >= 0.6 is 101 Å². The molecule has 0 fully saturated rings. The largest absolute Gasteiger partial charge is 0.343 e. The fraction of sp³-hybridized carbons (Fsp3) is 0.140. The van der Waals surface area contributed by atoms with Gasteiger partial charge in [-0.15, -0.1) is 0 Å². The number of halogens is 4. The molecule has 0 saturated carbocycles. The maximum absolute atomic E-state index is 6.70. The van der Waals surface area contributed by atoms with Crippen molar-refractivity contribution in [3.8, 4) is 156 Å². The molecule has 16 aromatic rings.